The molecule has 7 heteroatoms. The Morgan fingerprint density at radius 2 is 1.87 bits per heavy atom. The number of amides is 3. The Labute approximate surface area is 186 Å². The topological polar surface area (TPSA) is 78.5 Å². The van der Waals surface area contributed by atoms with Crippen molar-refractivity contribution in [2.45, 2.75) is 42.8 Å². The molecule has 2 aliphatic heterocycles. The molecule has 0 aromatic heterocycles. The maximum Gasteiger partial charge on any atom is 0.247 e. The van der Waals surface area contributed by atoms with Crippen LogP contribution < -0.4 is 10.6 Å². The third-order valence-corrected chi connectivity index (χ3v) is 7.06. The van der Waals surface area contributed by atoms with E-state index in [-0.39, 0.29) is 23.6 Å². The summed E-state index contributed by atoms with van der Waals surface area (Å²) in [5.74, 6) is -0.460. The van der Waals surface area contributed by atoms with Gasteiger partial charge in [0, 0.05) is 23.7 Å². The fourth-order valence-corrected chi connectivity index (χ4v) is 5.04. The molecule has 3 amide bonds. The van der Waals surface area contributed by atoms with Crippen LogP contribution in [0, 0.1) is 5.92 Å². The molecule has 31 heavy (non-hydrogen) atoms. The van der Waals surface area contributed by atoms with E-state index in [0.29, 0.717) is 19.0 Å². The van der Waals surface area contributed by atoms with Crippen molar-refractivity contribution in [2.75, 3.05) is 23.7 Å². The van der Waals surface area contributed by atoms with E-state index in [1.165, 1.54) is 17.3 Å². The van der Waals surface area contributed by atoms with E-state index >= 15 is 0 Å². The standard InChI is InChI=1S/C24H27N3O3S/c1-15(2)16-9-11-18(12-10-16)25-22(28)17-6-5-13-27(14-17)24(30)21-23(29)26-19-7-3-4-8-20(19)31-21/h3-4,7-12,15,17,21H,5-6,13-14H2,1-2H3,(H,25,28)(H,26,29). The highest BCUT2D eigenvalue weighted by atomic mass is 32.2. The van der Waals surface area contributed by atoms with Gasteiger partial charge in [-0.25, -0.2) is 0 Å². The fraction of sp³-hybridized carbons (Fsp3) is 0.375. The smallest absolute Gasteiger partial charge is 0.247 e. The number of thioether (sulfide) groups is 1. The largest absolute Gasteiger partial charge is 0.340 e. The van der Waals surface area contributed by atoms with Crippen LogP contribution in [0.25, 0.3) is 0 Å². The Kier molecular flexibility index (Phi) is 6.32. The van der Waals surface area contributed by atoms with Crippen LogP contribution in [0.2, 0.25) is 0 Å². The highest BCUT2D eigenvalue weighted by Crippen LogP contribution is 2.36. The lowest BCUT2D eigenvalue weighted by atomic mass is 9.96. The molecule has 2 aliphatic rings. The number of fused-ring (bicyclic) bond motifs is 1. The Morgan fingerprint density at radius 3 is 2.61 bits per heavy atom. The van der Waals surface area contributed by atoms with Crippen molar-refractivity contribution in [3.63, 3.8) is 0 Å². The summed E-state index contributed by atoms with van der Waals surface area (Å²) in [4.78, 5) is 41.0. The van der Waals surface area contributed by atoms with Gasteiger partial charge in [0.15, 0.2) is 5.25 Å². The van der Waals surface area contributed by atoms with Crippen LogP contribution in [0.1, 0.15) is 38.2 Å². The molecule has 2 N–H and O–H groups in total. The summed E-state index contributed by atoms with van der Waals surface area (Å²) < 4.78 is 0. The van der Waals surface area contributed by atoms with E-state index in [4.69, 9.17) is 0 Å². The quantitative estimate of drug-likeness (QED) is 0.706. The Morgan fingerprint density at radius 1 is 1.13 bits per heavy atom. The molecular formula is C24H27N3O3S. The highest BCUT2D eigenvalue weighted by molar-refractivity contribution is 8.01. The molecule has 2 aromatic carbocycles. The molecule has 0 radical (unpaired) electrons. The van der Waals surface area contributed by atoms with Crippen LogP contribution in [0.15, 0.2) is 53.4 Å². The number of hydrogen-bond donors (Lipinski definition) is 2. The van der Waals surface area contributed by atoms with Crippen LogP contribution in [0.4, 0.5) is 11.4 Å². The molecule has 4 rings (SSSR count). The van der Waals surface area contributed by atoms with Crippen LogP contribution in [-0.2, 0) is 14.4 Å². The van der Waals surface area contributed by atoms with Crippen molar-refractivity contribution in [3.8, 4) is 0 Å². The van der Waals surface area contributed by atoms with Crippen LogP contribution in [0.5, 0.6) is 0 Å². The van der Waals surface area contributed by atoms with Gasteiger partial charge in [0.05, 0.1) is 11.6 Å². The lowest BCUT2D eigenvalue weighted by Crippen LogP contribution is -2.50. The predicted molar refractivity (Wildman–Crippen MR) is 123 cm³/mol. The van der Waals surface area contributed by atoms with Gasteiger partial charge < -0.3 is 15.5 Å². The molecule has 6 nitrogen and oxygen atoms in total. The third kappa shape index (κ3) is 4.77. The number of carbonyl (C=O) groups excluding carboxylic acids is 3. The van der Waals surface area contributed by atoms with Gasteiger partial charge in [-0.1, -0.05) is 38.1 Å². The lowest BCUT2D eigenvalue weighted by molar-refractivity contribution is -0.136. The number of hydrogen-bond acceptors (Lipinski definition) is 4. The number of piperidine rings is 1. The number of para-hydroxylation sites is 1. The average Bonchev–Trinajstić information content (AvgIpc) is 2.78. The molecule has 2 aromatic rings. The number of carbonyl (C=O) groups is 3. The van der Waals surface area contributed by atoms with E-state index in [9.17, 15) is 14.4 Å². The van der Waals surface area contributed by atoms with Gasteiger partial charge in [-0.2, -0.15) is 0 Å². The molecule has 2 heterocycles. The first kappa shape index (κ1) is 21.4. The Balaban J connectivity index is 1.39. The van der Waals surface area contributed by atoms with E-state index in [0.717, 1.165) is 29.1 Å². The van der Waals surface area contributed by atoms with Crippen LogP contribution >= 0.6 is 11.8 Å². The normalized spacial score (nSPS) is 20.7. The molecule has 1 fully saturated rings. The van der Waals surface area contributed by atoms with E-state index in [1.54, 1.807) is 4.90 Å². The molecule has 0 spiro atoms. The van der Waals surface area contributed by atoms with E-state index in [1.807, 2.05) is 48.5 Å². The minimum Gasteiger partial charge on any atom is -0.340 e. The SMILES string of the molecule is CC(C)c1ccc(NC(=O)C2CCCN(C(=O)C3Sc4ccccc4NC3=O)C2)cc1. The van der Waals surface area contributed by atoms with Gasteiger partial charge in [0.1, 0.15) is 0 Å². The summed E-state index contributed by atoms with van der Waals surface area (Å²) in [6, 6.07) is 15.3. The molecule has 1 saturated heterocycles. The maximum atomic E-state index is 13.1. The van der Waals surface area contributed by atoms with Crippen molar-refractivity contribution >= 4 is 40.9 Å². The van der Waals surface area contributed by atoms with Crippen molar-refractivity contribution in [1.29, 1.82) is 0 Å². The Hall–Kier alpha value is -2.80. The summed E-state index contributed by atoms with van der Waals surface area (Å²) in [6.07, 6.45) is 1.47. The third-order valence-electron chi connectivity index (χ3n) is 5.80. The van der Waals surface area contributed by atoms with Crippen molar-refractivity contribution in [3.05, 3.63) is 54.1 Å². The zero-order valence-corrected chi connectivity index (χ0v) is 18.6. The van der Waals surface area contributed by atoms with Gasteiger partial charge in [-0.05, 0) is 48.6 Å². The van der Waals surface area contributed by atoms with Gasteiger partial charge >= 0.3 is 0 Å². The first-order valence-electron chi connectivity index (χ1n) is 10.7. The van der Waals surface area contributed by atoms with Gasteiger partial charge in [-0.15, -0.1) is 11.8 Å². The summed E-state index contributed by atoms with van der Waals surface area (Å²) in [5, 5.41) is 4.98. The number of rotatable bonds is 4. The summed E-state index contributed by atoms with van der Waals surface area (Å²) in [7, 11) is 0. The average molecular weight is 438 g/mol. The number of benzene rings is 2. The van der Waals surface area contributed by atoms with Crippen LogP contribution in [-0.4, -0.2) is 41.0 Å². The summed E-state index contributed by atoms with van der Waals surface area (Å²) >= 11 is 1.28. The second-order valence-electron chi connectivity index (χ2n) is 8.37. The van der Waals surface area contributed by atoms with E-state index < -0.39 is 5.25 Å². The molecule has 2 unspecified atom stereocenters. The molecule has 0 aliphatic carbocycles. The monoisotopic (exact) mass is 437 g/mol. The second kappa shape index (κ2) is 9.14. The maximum absolute atomic E-state index is 13.1. The minimum atomic E-state index is -0.819. The molecular weight excluding hydrogens is 410 g/mol. The summed E-state index contributed by atoms with van der Waals surface area (Å²) in [5.41, 5.74) is 2.72. The zero-order chi connectivity index (χ0) is 22.0. The molecule has 0 saturated carbocycles. The van der Waals surface area contributed by atoms with Crippen molar-refractivity contribution < 1.29 is 14.4 Å². The Bertz CT molecular complexity index is 990. The number of nitrogens with one attached hydrogen (secondary N) is 2. The van der Waals surface area contributed by atoms with Gasteiger partial charge in [0.25, 0.3) is 0 Å². The first-order chi connectivity index (χ1) is 14.9. The lowest BCUT2D eigenvalue weighted by Gasteiger charge is -2.35. The highest BCUT2D eigenvalue weighted by Gasteiger charge is 2.38. The molecule has 0 bridgehead atoms. The number of anilines is 2. The van der Waals surface area contributed by atoms with Crippen LogP contribution in [0.3, 0.4) is 0 Å². The van der Waals surface area contributed by atoms with Crippen molar-refractivity contribution in [2.24, 2.45) is 5.92 Å². The minimum absolute atomic E-state index is 0.0825. The molecule has 2 atom stereocenters. The van der Waals surface area contributed by atoms with Gasteiger partial charge in [-0.3, -0.25) is 14.4 Å². The van der Waals surface area contributed by atoms with Gasteiger partial charge in [0.2, 0.25) is 17.7 Å². The zero-order valence-electron chi connectivity index (χ0n) is 17.8. The first-order valence-corrected chi connectivity index (χ1v) is 11.6. The summed E-state index contributed by atoms with van der Waals surface area (Å²) in [6.45, 7) is 5.16. The predicted octanol–water partition coefficient (Wildman–Crippen LogP) is 4.10. The molecule has 162 valence electrons. The number of nitrogens with zero attached hydrogens (tertiary/aromatic N) is 1. The number of likely N-dealkylation sites (tertiary alicyclic amines) is 1. The second-order valence-corrected chi connectivity index (χ2v) is 9.52. The van der Waals surface area contributed by atoms with E-state index in [2.05, 4.69) is 24.5 Å². The fourth-order valence-electron chi connectivity index (χ4n) is 3.97. The van der Waals surface area contributed by atoms with Crippen molar-refractivity contribution in [1.82, 2.24) is 4.90 Å².